The van der Waals surface area contributed by atoms with Crippen molar-refractivity contribution >= 4 is 11.6 Å². The standard InChI is InChI=1S/C17H24ClF3N2/c1-2-3-4-8-15(23-11-9-22-10-12-23)16-13(17(19,20)21)6-5-7-14(16)18/h5-7,15,22H,2-4,8-12H2,1H3/t15-/m1/s1. The fourth-order valence-electron chi connectivity index (χ4n) is 3.21. The van der Waals surface area contributed by atoms with Gasteiger partial charge in [0.15, 0.2) is 0 Å². The van der Waals surface area contributed by atoms with Crippen LogP contribution in [0, 0.1) is 0 Å². The zero-order valence-corrected chi connectivity index (χ0v) is 14.2. The summed E-state index contributed by atoms with van der Waals surface area (Å²) in [5, 5.41) is 3.47. The molecule has 0 unspecified atom stereocenters. The Morgan fingerprint density at radius 2 is 1.91 bits per heavy atom. The first-order valence-corrected chi connectivity index (χ1v) is 8.63. The number of unbranched alkanes of at least 4 members (excludes halogenated alkanes) is 2. The van der Waals surface area contributed by atoms with E-state index in [1.54, 1.807) is 6.07 Å². The summed E-state index contributed by atoms with van der Waals surface area (Å²) in [7, 11) is 0. The largest absolute Gasteiger partial charge is 0.416 e. The zero-order valence-electron chi connectivity index (χ0n) is 13.4. The molecule has 130 valence electrons. The van der Waals surface area contributed by atoms with Gasteiger partial charge < -0.3 is 5.32 Å². The Morgan fingerprint density at radius 3 is 2.52 bits per heavy atom. The molecule has 1 saturated heterocycles. The van der Waals surface area contributed by atoms with Crippen molar-refractivity contribution in [3.63, 3.8) is 0 Å². The first-order chi connectivity index (χ1) is 10.9. The van der Waals surface area contributed by atoms with E-state index in [1.165, 1.54) is 6.07 Å². The van der Waals surface area contributed by atoms with Crippen LogP contribution in [0.15, 0.2) is 18.2 Å². The van der Waals surface area contributed by atoms with Gasteiger partial charge in [-0.05, 0) is 18.6 Å². The third kappa shape index (κ3) is 4.85. The average Bonchev–Trinajstić information content (AvgIpc) is 2.52. The van der Waals surface area contributed by atoms with Crippen LogP contribution in [0.4, 0.5) is 13.2 Å². The summed E-state index contributed by atoms with van der Waals surface area (Å²) in [6.07, 6.45) is -0.692. The first kappa shape index (κ1) is 18.6. The van der Waals surface area contributed by atoms with E-state index in [-0.39, 0.29) is 16.6 Å². The fraction of sp³-hybridized carbons (Fsp3) is 0.647. The number of rotatable bonds is 6. The minimum absolute atomic E-state index is 0.222. The highest BCUT2D eigenvalue weighted by Crippen LogP contribution is 2.41. The molecule has 0 aliphatic carbocycles. The van der Waals surface area contributed by atoms with Gasteiger partial charge >= 0.3 is 6.18 Å². The topological polar surface area (TPSA) is 15.3 Å². The van der Waals surface area contributed by atoms with Gasteiger partial charge in [0.1, 0.15) is 0 Å². The predicted molar refractivity (Wildman–Crippen MR) is 87.8 cm³/mol. The Bertz CT molecular complexity index is 499. The average molecular weight is 349 g/mol. The van der Waals surface area contributed by atoms with Gasteiger partial charge in [0.05, 0.1) is 5.56 Å². The summed E-state index contributed by atoms with van der Waals surface area (Å²) in [5.74, 6) is 0. The molecule has 6 heteroatoms. The fourth-order valence-corrected chi connectivity index (χ4v) is 3.51. The van der Waals surface area contributed by atoms with Crippen molar-refractivity contribution in [2.45, 2.75) is 44.8 Å². The highest BCUT2D eigenvalue weighted by molar-refractivity contribution is 6.31. The Balaban J connectivity index is 2.37. The van der Waals surface area contributed by atoms with Gasteiger partial charge in [0, 0.05) is 42.8 Å². The molecular weight excluding hydrogens is 325 g/mol. The van der Waals surface area contributed by atoms with Crippen LogP contribution in [0.1, 0.15) is 49.8 Å². The molecular formula is C17H24ClF3N2. The second-order valence-electron chi connectivity index (χ2n) is 6.00. The van der Waals surface area contributed by atoms with Gasteiger partial charge in [-0.15, -0.1) is 0 Å². The number of piperazine rings is 1. The molecule has 2 nitrogen and oxygen atoms in total. The molecule has 1 aromatic rings. The van der Waals surface area contributed by atoms with E-state index >= 15 is 0 Å². The number of alkyl halides is 3. The second kappa shape index (κ2) is 8.36. The molecule has 1 N–H and O–H groups in total. The molecule has 23 heavy (non-hydrogen) atoms. The van der Waals surface area contributed by atoms with Crippen LogP contribution < -0.4 is 5.32 Å². The summed E-state index contributed by atoms with van der Waals surface area (Å²) in [6, 6.07) is 3.83. The molecule has 0 saturated carbocycles. The summed E-state index contributed by atoms with van der Waals surface area (Å²) >= 11 is 6.22. The Kier molecular flexibility index (Phi) is 6.74. The van der Waals surface area contributed by atoms with Crippen LogP contribution in [0.25, 0.3) is 0 Å². The number of benzene rings is 1. The lowest BCUT2D eigenvalue weighted by atomic mass is 9.93. The van der Waals surface area contributed by atoms with Crippen LogP contribution in [-0.2, 0) is 6.18 Å². The lowest BCUT2D eigenvalue weighted by Crippen LogP contribution is -2.45. The van der Waals surface area contributed by atoms with E-state index in [0.717, 1.165) is 51.5 Å². The number of halogens is 4. The van der Waals surface area contributed by atoms with Gasteiger partial charge in [0.2, 0.25) is 0 Å². The molecule has 0 bridgehead atoms. The van der Waals surface area contributed by atoms with Crippen molar-refractivity contribution in [3.8, 4) is 0 Å². The van der Waals surface area contributed by atoms with Crippen LogP contribution in [0.3, 0.4) is 0 Å². The van der Waals surface area contributed by atoms with Crippen LogP contribution in [0.2, 0.25) is 5.02 Å². The Labute approximate surface area is 141 Å². The molecule has 0 amide bonds. The normalized spacial score (nSPS) is 18.1. The third-order valence-electron chi connectivity index (χ3n) is 4.37. The molecule has 1 fully saturated rings. The molecule has 1 heterocycles. The maximum absolute atomic E-state index is 13.5. The minimum Gasteiger partial charge on any atom is -0.314 e. The van der Waals surface area contributed by atoms with Gasteiger partial charge in [0.25, 0.3) is 0 Å². The van der Waals surface area contributed by atoms with E-state index in [1.807, 2.05) is 0 Å². The molecule has 0 radical (unpaired) electrons. The SMILES string of the molecule is CCCCC[C@H](c1c(Cl)cccc1C(F)(F)F)N1CCNCC1. The zero-order chi connectivity index (χ0) is 16.9. The van der Waals surface area contributed by atoms with E-state index < -0.39 is 11.7 Å². The molecule has 1 aliphatic rings. The molecule has 0 aromatic heterocycles. The first-order valence-electron chi connectivity index (χ1n) is 8.25. The van der Waals surface area contributed by atoms with Gasteiger partial charge in [-0.3, -0.25) is 4.90 Å². The van der Waals surface area contributed by atoms with E-state index in [9.17, 15) is 13.2 Å². The molecule has 1 aliphatic heterocycles. The molecule has 0 spiro atoms. The summed E-state index contributed by atoms with van der Waals surface area (Å²) in [4.78, 5) is 2.14. The van der Waals surface area contributed by atoms with Crippen molar-refractivity contribution in [1.82, 2.24) is 10.2 Å². The van der Waals surface area contributed by atoms with Crippen LogP contribution in [-0.4, -0.2) is 31.1 Å². The number of hydrogen-bond donors (Lipinski definition) is 1. The monoisotopic (exact) mass is 348 g/mol. The van der Waals surface area contributed by atoms with Crippen molar-refractivity contribution < 1.29 is 13.2 Å². The van der Waals surface area contributed by atoms with Crippen molar-refractivity contribution in [1.29, 1.82) is 0 Å². The van der Waals surface area contributed by atoms with Crippen molar-refractivity contribution in [2.75, 3.05) is 26.2 Å². The maximum atomic E-state index is 13.5. The van der Waals surface area contributed by atoms with Crippen molar-refractivity contribution in [3.05, 3.63) is 34.3 Å². The molecule has 1 aromatic carbocycles. The Morgan fingerprint density at radius 1 is 1.22 bits per heavy atom. The Hall–Kier alpha value is -0.780. The lowest BCUT2D eigenvalue weighted by Gasteiger charge is -2.37. The van der Waals surface area contributed by atoms with E-state index in [0.29, 0.717) is 6.42 Å². The summed E-state index contributed by atoms with van der Waals surface area (Å²) < 4.78 is 40.4. The molecule has 1 atom stereocenters. The van der Waals surface area contributed by atoms with Crippen LogP contribution in [0.5, 0.6) is 0 Å². The molecule has 2 rings (SSSR count). The van der Waals surface area contributed by atoms with Gasteiger partial charge in [-0.25, -0.2) is 0 Å². The maximum Gasteiger partial charge on any atom is 0.416 e. The lowest BCUT2D eigenvalue weighted by molar-refractivity contribution is -0.138. The van der Waals surface area contributed by atoms with Gasteiger partial charge in [-0.1, -0.05) is 43.9 Å². The van der Waals surface area contributed by atoms with E-state index in [2.05, 4.69) is 17.1 Å². The van der Waals surface area contributed by atoms with E-state index in [4.69, 9.17) is 11.6 Å². The third-order valence-corrected chi connectivity index (χ3v) is 4.69. The second-order valence-corrected chi connectivity index (χ2v) is 6.40. The summed E-state index contributed by atoms with van der Waals surface area (Å²) in [6.45, 7) is 5.20. The van der Waals surface area contributed by atoms with Crippen LogP contribution >= 0.6 is 11.6 Å². The van der Waals surface area contributed by atoms with Crippen molar-refractivity contribution in [2.24, 2.45) is 0 Å². The number of nitrogens with zero attached hydrogens (tertiary/aromatic N) is 1. The van der Waals surface area contributed by atoms with Gasteiger partial charge in [-0.2, -0.15) is 13.2 Å². The smallest absolute Gasteiger partial charge is 0.314 e. The minimum atomic E-state index is -4.38. The summed E-state index contributed by atoms with van der Waals surface area (Å²) in [5.41, 5.74) is -0.343. The highest BCUT2D eigenvalue weighted by atomic mass is 35.5. The predicted octanol–water partition coefficient (Wildman–Crippen LogP) is 4.89. The number of nitrogens with one attached hydrogen (secondary N) is 1. The quantitative estimate of drug-likeness (QED) is 0.737. The number of hydrogen-bond acceptors (Lipinski definition) is 2. The highest BCUT2D eigenvalue weighted by Gasteiger charge is 2.37.